The molecule has 3 aromatic rings. The van der Waals surface area contributed by atoms with Crippen molar-refractivity contribution in [3.8, 4) is 5.69 Å². The Morgan fingerprint density at radius 2 is 2.00 bits per heavy atom. The van der Waals surface area contributed by atoms with Gasteiger partial charge in [-0.25, -0.2) is 9.67 Å². The van der Waals surface area contributed by atoms with Gasteiger partial charge in [0, 0.05) is 24.6 Å². The summed E-state index contributed by atoms with van der Waals surface area (Å²) >= 11 is 1.52. The molecular weight excluding hydrogens is 350 g/mol. The van der Waals surface area contributed by atoms with E-state index in [-0.39, 0.29) is 11.1 Å². The monoisotopic (exact) mass is 367 g/mol. The second-order valence-electron chi connectivity index (χ2n) is 6.13. The van der Waals surface area contributed by atoms with Crippen LogP contribution in [0.25, 0.3) is 5.69 Å². The SMILES string of the molecule is Cc1ccc(-n2nc(C)cc2NC(=O)c2cnc3n(c2=O)CCS3)cc1. The highest BCUT2D eigenvalue weighted by Gasteiger charge is 2.21. The number of hydrogen-bond donors (Lipinski definition) is 1. The maximum absolute atomic E-state index is 12.7. The van der Waals surface area contributed by atoms with Crippen LogP contribution in [0, 0.1) is 13.8 Å². The number of nitrogens with one attached hydrogen (secondary N) is 1. The molecule has 1 aliphatic heterocycles. The molecule has 3 heterocycles. The molecule has 0 fully saturated rings. The number of aryl methyl sites for hydroxylation is 2. The van der Waals surface area contributed by atoms with E-state index in [4.69, 9.17) is 0 Å². The summed E-state index contributed by atoms with van der Waals surface area (Å²) in [7, 11) is 0. The minimum absolute atomic E-state index is 0.0329. The molecule has 0 saturated heterocycles. The highest BCUT2D eigenvalue weighted by Crippen LogP contribution is 2.21. The summed E-state index contributed by atoms with van der Waals surface area (Å²) in [6, 6.07) is 9.59. The fourth-order valence-corrected chi connectivity index (χ4v) is 3.74. The zero-order chi connectivity index (χ0) is 18.3. The Hall–Kier alpha value is -2.87. The maximum Gasteiger partial charge on any atom is 0.267 e. The van der Waals surface area contributed by atoms with Crippen molar-refractivity contribution in [1.82, 2.24) is 19.3 Å². The topological polar surface area (TPSA) is 81.8 Å². The Morgan fingerprint density at radius 3 is 2.77 bits per heavy atom. The highest BCUT2D eigenvalue weighted by atomic mass is 32.2. The Bertz CT molecular complexity index is 1050. The summed E-state index contributed by atoms with van der Waals surface area (Å²) < 4.78 is 3.20. The molecule has 26 heavy (non-hydrogen) atoms. The molecular formula is C18H17N5O2S. The number of fused-ring (bicyclic) bond motifs is 1. The van der Waals surface area contributed by atoms with Crippen molar-refractivity contribution in [1.29, 1.82) is 0 Å². The largest absolute Gasteiger partial charge is 0.306 e. The van der Waals surface area contributed by atoms with E-state index < -0.39 is 5.91 Å². The molecule has 0 bridgehead atoms. The van der Waals surface area contributed by atoms with Crippen LogP contribution in [0.4, 0.5) is 5.82 Å². The lowest BCUT2D eigenvalue weighted by atomic mass is 10.2. The van der Waals surface area contributed by atoms with Crippen LogP contribution in [-0.2, 0) is 6.54 Å². The van der Waals surface area contributed by atoms with Gasteiger partial charge in [-0.15, -0.1) is 0 Å². The minimum atomic E-state index is -0.483. The molecule has 2 aromatic heterocycles. The molecule has 8 heteroatoms. The van der Waals surface area contributed by atoms with Gasteiger partial charge in [0.15, 0.2) is 5.16 Å². The third kappa shape index (κ3) is 2.92. The molecule has 0 aliphatic carbocycles. The van der Waals surface area contributed by atoms with Gasteiger partial charge in [-0.1, -0.05) is 29.5 Å². The number of thioether (sulfide) groups is 1. The average molecular weight is 367 g/mol. The Labute approximate surface area is 154 Å². The molecule has 0 atom stereocenters. The normalized spacial score (nSPS) is 12.8. The van der Waals surface area contributed by atoms with Gasteiger partial charge in [-0.2, -0.15) is 5.10 Å². The van der Waals surface area contributed by atoms with Crippen molar-refractivity contribution in [2.45, 2.75) is 25.5 Å². The second kappa shape index (κ2) is 6.45. The van der Waals surface area contributed by atoms with Gasteiger partial charge in [0.25, 0.3) is 11.5 Å². The first kappa shape index (κ1) is 16.6. The van der Waals surface area contributed by atoms with Gasteiger partial charge >= 0.3 is 0 Å². The number of aromatic nitrogens is 4. The van der Waals surface area contributed by atoms with Crippen molar-refractivity contribution in [2.75, 3.05) is 11.1 Å². The fraction of sp³-hybridized carbons (Fsp3) is 0.222. The zero-order valence-electron chi connectivity index (χ0n) is 14.4. The van der Waals surface area contributed by atoms with E-state index in [1.54, 1.807) is 15.3 Å². The molecule has 7 nitrogen and oxygen atoms in total. The molecule has 0 saturated carbocycles. The standard InChI is InChI=1S/C18H17N5O2S/c1-11-3-5-13(6-4-11)23-15(9-12(2)21-23)20-16(24)14-10-19-18-22(17(14)25)7-8-26-18/h3-6,9-10H,7-8H2,1-2H3,(H,20,24). The summed E-state index contributed by atoms with van der Waals surface area (Å²) in [6.07, 6.45) is 1.35. The number of carbonyl (C=O) groups is 1. The number of benzene rings is 1. The van der Waals surface area contributed by atoms with E-state index in [9.17, 15) is 9.59 Å². The van der Waals surface area contributed by atoms with E-state index >= 15 is 0 Å². The van der Waals surface area contributed by atoms with E-state index in [1.807, 2.05) is 38.1 Å². The highest BCUT2D eigenvalue weighted by molar-refractivity contribution is 7.99. The van der Waals surface area contributed by atoms with E-state index in [2.05, 4.69) is 15.4 Å². The molecule has 1 aromatic carbocycles. The predicted molar refractivity (Wildman–Crippen MR) is 100 cm³/mol. The number of nitrogens with zero attached hydrogens (tertiary/aromatic N) is 4. The molecule has 0 unspecified atom stereocenters. The smallest absolute Gasteiger partial charge is 0.267 e. The Kier molecular flexibility index (Phi) is 4.12. The van der Waals surface area contributed by atoms with E-state index in [1.165, 1.54) is 18.0 Å². The van der Waals surface area contributed by atoms with Gasteiger partial charge in [0.1, 0.15) is 11.4 Å². The summed E-state index contributed by atoms with van der Waals surface area (Å²) in [6.45, 7) is 4.43. The van der Waals surface area contributed by atoms with Gasteiger partial charge in [-0.3, -0.25) is 14.2 Å². The molecule has 1 amide bonds. The molecule has 132 valence electrons. The Balaban J connectivity index is 1.67. The van der Waals surface area contributed by atoms with Crippen LogP contribution in [0.2, 0.25) is 0 Å². The summed E-state index contributed by atoms with van der Waals surface area (Å²) in [5.74, 6) is 0.825. The van der Waals surface area contributed by atoms with Crippen molar-refractivity contribution < 1.29 is 4.79 Å². The molecule has 1 N–H and O–H groups in total. The first-order valence-electron chi connectivity index (χ1n) is 8.20. The summed E-state index contributed by atoms with van der Waals surface area (Å²) in [4.78, 5) is 29.4. The van der Waals surface area contributed by atoms with Crippen LogP contribution in [0.1, 0.15) is 21.6 Å². The lowest BCUT2D eigenvalue weighted by Gasteiger charge is -2.10. The molecule has 1 aliphatic rings. The second-order valence-corrected chi connectivity index (χ2v) is 7.19. The van der Waals surface area contributed by atoms with Crippen LogP contribution >= 0.6 is 11.8 Å². The predicted octanol–water partition coefficient (Wildman–Crippen LogP) is 2.40. The fourth-order valence-electron chi connectivity index (χ4n) is 2.83. The lowest BCUT2D eigenvalue weighted by Crippen LogP contribution is -2.30. The van der Waals surface area contributed by atoms with E-state index in [0.29, 0.717) is 17.5 Å². The van der Waals surface area contributed by atoms with Crippen LogP contribution in [0.5, 0.6) is 0 Å². The quantitative estimate of drug-likeness (QED) is 0.719. The van der Waals surface area contributed by atoms with Crippen LogP contribution in [0.15, 0.2) is 46.5 Å². The zero-order valence-corrected chi connectivity index (χ0v) is 15.2. The van der Waals surface area contributed by atoms with E-state index in [0.717, 1.165) is 22.7 Å². The van der Waals surface area contributed by atoms with Crippen molar-refractivity contribution >= 4 is 23.5 Å². The molecule has 0 spiro atoms. The van der Waals surface area contributed by atoms with Crippen molar-refractivity contribution in [3.63, 3.8) is 0 Å². The molecule has 4 rings (SSSR count). The number of hydrogen-bond acceptors (Lipinski definition) is 5. The van der Waals surface area contributed by atoms with Gasteiger partial charge < -0.3 is 5.32 Å². The number of anilines is 1. The van der Waals surface area contributed by atoms with Crippen molar-refractivity contribution in [2.24, 2.45) is 0 Å². The number of amides is 1. The summed E-state index contributed by atoms with van der Waals surface area (Å²) in [5, 5.41) is 7.89. The first-order valence-corrected chi connectivity index (χ1v) is 9.19. The number of rotatable bonds is 3. The third-order valence-electron chi connectivity index (χ3n) is 4.15. The van der Waals surface area contributed by atoms with Crippen molar-refractivity contribution in [3.05, 3.63) is 63.7 Å². The number of carbonyl (C=O) groups excluding carboxylic acids is 1. The molecule has 0 radical (unpaired) electrons. The first-order chi connectivity index (χ1) is 12.5. The van der Waals surface area contributed by atoms with Gasteiger partial charge in [0.2, 0.25) is 0 Å². The minimum Gasteiger partial charge on any atom is -0.306 e. The Morgan fingerprint density at radius 1 is 1.23 bits per heavy atom. The third-order valence-corrected chi connectivity index (χ3v) is 5.12. The van der Waals surface area contributed by atoms with Crippen LogP contribution < -0.4 is 10.9 Å². The van der Waals surface area contributed by atoms with Gasteiger partial charge in [0.05, 0.1) is 11.4 Å². The maximum atomic E-state index is 12.7. The van der Waals surface area contributed by atoms with Crippen LogP contribution in [-0.4, -0.2) is 31.0 Å². The lowest BCUT2D eigenvalue weighted by molar-refractivity contribution is 0.102. The van der Waals surface area contributed by atoms with Crippen LogP contribution in [0.3, 0.4) is 0 Å². The summed E-state index contributed by atoms with van der Waals surface area (Å²) in [5.41, 5.74) is 2.46. The van der Waals surface area contributed by atoms with Gasteiger partial charge in [-0.05, 0) is 26.0 Å². The average Bonchev–Trinajstić information content (AvgIpc) is 3.23.